The highest BCUT2D eigenvalue weighted by Crippen LogP contribution is 2.33. The number of hydrogen-bond donors (Lipinski definition) is 2. The Labute approximate surface area is 191 Å². The second-order valence-electron chi connectivity index (χ2n) is 8.24. The summed E-state index contributed by atoms with van der Waals surface area (Å²) in [4.78, 5) is 4.44. The van der Waals surface area contributed by atoms with Gasteiger partial charge in [0.05, 0.1) is 5.02 Å². The van der Waals surface area contributed by atoms with E-state index in [1.807, 2.05) is 24.3 Å². The molecule has 1 aliphatic rings. The molecule has 0 amide bonds. The second kappa shape index (κ2) is 10.3. The number of pyridine rings is 1. The van der Waals surface area contributed by atoms with Gasteiger partial charge in [0.15, 0.2) is 0 Å². The number of ether oxygens (including phenoxy) is 1. The van der Waals surface area contributed by atoms with E-state index in [-0.39, 0.29) is 6.61 Å². The zero-order valence-corrected chi connectivity index (χ0v) is 18.4. The van der Waals surface area contributed by atoms with Crippen molar-refractivity contribution in [3.05, 3.63) is 76.9 Å². The van der Waals surface area contributed by atoms with Gasteiger partial charge in [-0.2, -0.15) is 0 Å². The molecule has 0 saturated heterocycles. The third kappa shape index (κ3) is 5.75. The molecule has 1 aromatic heterocycles. The van der Waals surface area contributed by atoms with Crippen molar-refractivity contribution >= 4 is 17.4 Å². The number of nitrogens with one attached hydrogen (secondary N) is 1. The Morgan fingerprint density at radius 1 is 1.03 bits per heavy atom. The molecule has 168 valence electrons. The topological polar surface area (TPSA) is 60.2 Å². The lowest BCUT2D eigenvalue weighted by molar-refractivity contribution is 0.305. The van der Waals surface area contributed by atoms with Crippen molar-refractivity contribution in [3.8, 4) is 16.9 Å². The molecule has 0 unspecified atom stereocenters. The molecule has 0 aliphatic heterocycles. The molecule has 0 bridgehead atoms. The fourth-order valence-electron chi connectivity index (χ4n) is 4.10. The molecule has 7 heteroatoms. The summed E-state index contributed by atoms with van der Waals surface area (Å²) < 4.78 is 32.6. The minimum atomic E-state index is -0.627. The highest BCUT2D eigenvalue weighted by Gasteiger charge is 2.20. The molecule has 32 heavy (non-hydrogen) atoms. The first-order valence-corrected chi connectivity index (χ1v) is 11.2. The summed E-state index contributed by atoms with van der Waals surface area (Å²) in [7, 11) is 0. The van der Waals surface area contributed by atoms with E-state index in [2.05, 4.69) is 10.3 Å². The van der Waals surface area contributed by atoms with Crippen LogP contribution in [0.15, 0.2) is 54.7 Å². The summed E-state index contributed by atoms with van der Waals surface area (Å²) in [6, 6.07) is 13.1. The fraction of sp³-hybridized carbons (Fsp3) is 0.320. The maximum Gasteiger partial charge on any atom is 0.126 e. The summed E-state index contributed by atoms with van der Waals surface area (Å²) in [5.74, 6) is 0.722. The second-order valence-corrected chi connectivity index (χ2v) is 8.65. The van der Waals surface area contributed by atoms with Gasteiger partial charge in [0.25, 0.3) is 0 Å². The van der Waals surface area contributed by atoms with Crippen molar-refractivity contribution in [1.82, 2.24) is 4.98 Å². The lowest BCUT2D eigenvalue weighted by Gasteiger charge is -2.28. The largest absolute Gasteiger partial charge is 0.489 e. The van der Waals surface area contributed by atoms with Crippen molar-refractivity contribution in [3.63, 3.8) is 0 Å². The average molecular weight is 458 g/mol. The van der Waals surface area contributed by atoms with Crippen molar-refractivity contribution < 1.29 is 13.5 Å². The van der Waals surface area contributed by atoms with Gasteiger partial charge < -0.3 is 15.8 Å². The van der Waals surface area contributed by atoms with Gasteiger partial charge in [-0.3, -0.25) is 0 Å². The molecule has 1 saturated carbocycles. The standard InChI is InChI=1S/C25H26ClF2N3O/c26-24-14-30-25(31-21-6-4-16(13-29)5-7-21)12-23(24)18-2-1-3-22(10-18)32-15-17-8-19(27)11-20(28)9-17/h1-3,8-12,14,16,21H,4-7,13,15,29H2,(H,30,31)/t16-,21-. The lowest BCUT2D eigenvalue weighted by atomic mass is 9.86. The molecular formula is C25H26ClF2N3O. The summed E-state index contributed by atoms with van der Waals surface area (Å²) in [5, 5.41) is 4.06. The van der Waals surface area contributed by atoms with Gasteiger partial charge in [0, 0.05) is 23.9 Å². The van der Waals surface area contributed by atoms with Crippen LogP contribution in [-0.4, -0.2) is 17.6 Å². The van der Waals surface area contributed by atoms with Crippen LogP contribution in [0.25, 0.3) is 11.1 Å². The van der Waals surface area contributed by atoms with Gasteiger partial charge >= 0.3 is 0 Å². The number of hydrogen-bond acceptors (Lipinski definition) is 4. The third-order valence-corrected chi connectivity index (χ3v) is 6.16. The van der Waals surface area contributed by atoms with Gasteiger partial charge in [-0.05, 0) is 79.6 Å². The SMILES string of the molecule is NC[C@H]1CC[C@H](Nc2cc(-c3cccc(OCc4cc(F)cc(F)c4)c3)c(Cl)cn2)CC1. The van der Waals surface area contributed by atoms with E-state index in [4.69, 9.17) is 22.1 Å². The van der Waals surface area contributed by atoms with Crippen LogP contribution >= 0.6 is 11.6 Å². The molecule has 2 aromatic carbocycles. The predicted octanol–water partition coefficient (Wildman–Crippen LogP) is 6.19. The summed E-state index contributed by atoms with van der Waals surface area (Å²) in [6.07, 6.45) is 6.05. The highest BCUT2D eigenvalue weighted by molar-refractivity contribution is 6.33. The zero-order valence-electron chi connectivity index (χ0n) is 17.7. The molecule has 1 aliphatic carbocycles. The highest BCUT2D eigenvalue weighted by atomic mass is 35.5. The predicted molar refractivity (Wildman–Crippen MR) is 124 cm³/mol. The van der Waals surface area contributed by atoms with Crippen LogP contribution in [-0.2, 0) is 6.61 Å². The van der Waals surface area contributed by atoms with Gasteiger partial charge in [-0.15, -0.1) is 0 Å². The van der Waals surface area contributed by atoms with E-state index in [9.17, 15) is 8.78 Å². The first kappa shape index (κ1) is 22.5. The molecule has 1 heterocycles. The van der Waals surface area contributed by atoms with Crippen LogP contribution in [0.3, 0.4) is 0 Å². The van der Waals surface area contributed by atoms with Crippen LogP contribution < -0.4 is 15.8 Å². The molecule has 0 radical (unpaired) electrons. The lowest BCUT2D eigenvalue weighted by Crippen LogP contribution is -2.29. The molecular weight excluding hydrogens is 432 g/mol. The number of nitrogens with two attached hydrogens (primary N) is 1. The quantitative estimate of drug-likeness (QED) is 0.444. The van der Waals surface area contributed by atoms with E-state index in [1.165, 1.54) is 12.1 Å². The van der Waals surface area contributed by atoms with Crippen molar-refractivity contribution in [2.24, 2.45) is 11.7 Å². The normalized spacial score (nSPS) is 18.4. The summed E-state index contributed by atoms with van der Waals surface area (Å²) in [6.45, 7) is 0.809. The van der Waals surface area contributed by atoms with Crippen LogP contribution in [0.2, 0.25) is 5.02 Å². The molecule has 4 rings (SSSR count). The fourth-order valence-corrected chi connectivity index (χ4v) is 4.32. The van der Waals surface area contributed by atoms with Gasteiger partial charge in [0.1, 0.15) is 29.8 Å². The molecule has 3 N–H and O–H groups in total. The van der Waals surface area contributed by atoms with Crippen molar-refractivity contribution in [2.75, 3.05) is 11.9 Å². The third-order valence-electron chi connectivity index (χ3n) is 5.86. The van der Waals surface area contributed by atoms with E-state index in [0.717, 1.165) is 55.2 Å². The van der Waals surface area contributed by atoms with E-state index in [0.29, 0.717) is 28.3 Å². The molecule has 0 atom stereocenters. The Kier molecular flexibility index (Phi) is 7.22. The van der Waals surface area contributed by atoms with E-state index >= 15 is 0 Å². The number of nitrogens with zero attached hydrogens (tertiary/aromatic N) is 1. The first-order chi connectivity index (χ1) is 15.5. The van der Waals surface area contributed by atoms with Crippen molar-refractivity contribution in [2.45, 2.75) is 38.3 Å². The Balaban J connectivity index is 1.46. The van der Waals surface area contributed by atoms with Crippen LogP contribution in [0, 0.1) is 17.6 Å². The van der Waals surface area contributed by atoms with Crippen LogP contribution in [0.4, 0.5) is 14.6 Å². The average Bonchev–Trinajstić information content (AvgIpc) is 2.79. The summed E-state index contributed by atoms with van der Waals surface area (Å²) >= 11 is 6.44. The number of rotatable bonds is 7. The number of benzene rings is 2. The Morgan fingerprint density at radius 3 is 2.50 bits per heavy atom. The maximum absolute atomic E-state index is 13.4. The Bertz CT molecular complexity index is 1050. The monoisotopic (exact) mass is 457 g/mol. The first-order valence-electron chi connectivity index (χ1n) is 10.8. The molecule has 4 nitrogen and oxygen atoms in total. The number of aromatic nitrogens is 1. The van der Waals surface area contributed by atoms with Gasteiger partial charge in [0.2, 0.25) is 0 Å². The van der Waals surface area contributed by atoms with Crippen LogP contribution in [0.1, 0.15) is 31.2 Å². The zero-order chi connectivity index (χ0) is 22.5. The minimum Gasteiger partial charge on any atom is -0.489 e. The molecule has 1 fully saturated rings. The van der Waals surface area contributed by atoms with Crippen molar-refractivity contribution in [1.29, 1.82) is 0 Å². The Morgan fingerprint density at radius 2 is 1.78 bits per heavy atom. The Hall–Kier alpha value is -2.70. The van der Waals surface area contributed by atoms with Crippen LogP contribution in [0.5, 0.6) is 5.75 Å². The molecule has 0 spiro atoms. The van der Waals surface area contributed by atoms with E-state index in [1.54, 1.807) is 12.3 Å². The van der Waals surface area contributed by atoms with E-state index < -0.39 is 11.6 Å². The number of halogens is 3. The summed E-state index contributed by atoms with van der Waals surface area (Å²) in [5.41, 5.74) is 7.92. The molecule has 3 aromatic rings. The smallest absolute Gasteiger partial charge is 0.126 e. The maximum atomic E-state index is 13.4. The number of anilines is 1. The minimum absolute atomic E-state index is 0.0560. The van der Waals surface area contributed by atoms with Gasteiger partial charge in [-0.1, -0.05) is 23.7 Å². The van der Waals surface area contributed by atoms with Gasteiger partial charge in [-0.25, -0.2) is 13.8 Å².